The predicted molar refractivity (Wildman–Crippen MR) is 177 cm³/mol. The maximum atomic E-state index is 6.88. The van der Waals surface area contributed by atoms with E-state index in [2.05, 4.69) is 66.7 Å². The zero-order chi connectivity index (χ0) is 28.9. The normalized spacial score (nSPS) is 11.5. The molecule has 7 heteroatoms. The number of benzene rings is 5. The lowest BCUT2D eigenvalue weighted by atomic mass is 10.0. The molecule has 43 heavy (non-hydrogen) atoms. The summed E-state index contributed by atoms with van der Waals surface area (Å²) in [4.78, 5) is 9.60. The standard InChI is InChI=1S/C16H10OS.2C10H9NO.Al/c17-13-9-10-5-1-2-6-11(10)15-12-7-3-4-8-14(12)18-16(13)15;2*1-7-5-6-8-3-2-4-9(12)10(8)11-7;/h1-9,17H;2*2-6,12H,1H3;/q;;;+3/p-3. The number of para-hydroxylation sites is 2. The molecule has 0 atom stereocenters. The summed E-state index contributed by atoms with van der Waals surface area (Å²) >= 11 is -1.24. The number of hydrogen-bond donors (Lipinski definition) is 0. The number of aromatic nitrogens is 2. The van der Waals surface area contributed by atoms with Crippen molar-refractivity contribution >= 4 is 79.2 Å². The third-order valence-electron chi connectivity index (χ3n) is 7.65. The molecule has 5 aromatic carbocycles. The van der Waals surface area contributed by atoms with Crippen molar-refractivity contribution in [3.05, 3.63) is 127 Å². The smallest absolute Gasteiger partial charge is 0.576 e. The van der Waals surface area contributed by atoms with Gasteiger partial charge in [-0.1, -0.05) is 78.9 Å². The molecule has 5 nitrogen and oxygen atoms in total. The molecule has 206 valence electrons. The van der Waals surface area contributed by atoms with E-state index in [1.54, 1.807) is 11.3 Å². The molecule has 0 amide bonds. The monoisotopic (exact) mass is 592 g/mol. The van der Waals surface area contributed by atoms with Crippen molar-refractivity contribution in [3.63, 3.8) is 0 Å². The molecule has 8 rings (SSSR count). The number of thiophene rings is 1. The number of pyridine rings is 2. The molecule has 0 N–H and O–H groups in total. The Balaban J connectivity index is 1.30. The first-order valence-electron chi connectivity index (χ1n) is 14.2. The van der Waals surface area contributed by atoms with E-state index in [-0.39, 0.29) is 0 Å². The fourth-order valence-electron chi connectivity index (χ4n) is 5.64. The molecule has 0 aliphatic heterocycles. The second kappa shape index (κ2) is 10.6. The highest BCUT2D eigenvalue weighted by atomic mass is 32.1. The zero-order valence-electron chi connectivity index (χ0n) is 23.6. The van der Waals surface area contributed by atoms with Crippen molar-refractivity contribution in [1.82, 2.24) is 9.97 Å². The van der Waals surface area contributed by atoms with Crippen molar-refractivity contribution in [2.24, 2.45) is 0 Å². The molecule has 0 bridgehead atoms. The second-order valence-corrected chi connectivity index (χ2v) is 12.9. The van der Waals surface area contributed by atoms with Gasteiger partial charge in [-0.2, -0.15) is 0 Å². The molecule has 3 heterocycles. The molecular formula is C36H25AlN2O3S. The number of fused-ring (bicyclic) bond motifs is 7. The molecule has 0 radical (unpaired) electrons. The van der Waals surface area contributed by atoms with Crippen LogP contribution >= 0.6 is 11.3 Å². The highest BCUT2D eigenvalue weighted by Gasteiger charge is 2.46. The van der Waals surface area contributed by atoms with Crippen molar-refractivity contribution < 1.29 is 11.4 Å². The molecule has 3 aromatic heterocycles. The van der Waals surface area contributed by atoms with Crippen LogP contribution in [0.15, 0.2) is 115 Å². The van der Waals surface area contributed by atoms with Gasteiger partial charge in [0, 0.05) is 37.6 Å². The third-order valence-corrected chi connectivity index (χ3v) is 10.2. The first-order chi connectivity index (χ1) is 21.1. The highest BCUT2D eigenvalue weighted by Crippen LogP contribution is 2.44. The number of aryl methyl sites for hydroxylation is 2. The first kappa shape index (κ1) is 26.0. The minimum atomic E-state index is -2.97. The Morgan fingerprint density at radius 2 is 1.09 bits per heavy atom. The summed E-state index contributed by atoms with van der Waals surface area (Å²) in [6.45, 7) is 3.96. The van der Waals surface area contributed by atoms with E-state index in [1.165, 1.54) is 20.9 Å². The van der Waals surface area contributed by atoms with Crippen LogP contribution in [0.25, 0.3) is 52.8 Å². The fraction of sp³-hybridized carbons (Fsp3) is 0.0556. The van der Waals surface area contributed by atoms with Gasteiger partial charge in [-0.05, 0) is 61.0 Å². The first-order valence-corrected chi connectivity index (χ1v) is 16.4. The van der Waals surface area contributed by atoms with Gasteiger partial charge < -0.3 is 11.4 Å². The molecule has 0 saturated heterocycles. The van der Waals surface area contributed by atoms with Gasteiger partial charge in [-0.25, -0.2) is 9.97 Å². The van der Waals surface area contributed by atoms with Crippen LogP contribution in [-0.2, 0) is 0 Å². The van der Waals surface area contributed by atoms with Gasteiger partial charge in [-0.15, -0.1) is 11.3 Å². The van der Waals surface area contributed by atoms with Crippen LogP contribution in [0.1, 0.15) is 11.4 Å². The fourth-order valence-corrected chi connectivity index (χ4v) is 8.23. The van der Waals surface area contributed by atoms with Crippen LogP contribution in [0.4, 0.5) is 0 Å². The molecule has 0 aliphatic carbocycles. The number of hydrogen-bond acceptors (Lipinski definition) is 6. The summed E-state index contributed by atoms with van der Waals surface area (Å²) in [6.07, 6.45) is 0. The van der Waals surface area contributed by atoms with E-state index in [0.717, 1.165) is 49.0 Å². The van der Waals surface area contributed by atoms with Crippen LogP contribution < -0.4 is 11.4 Å². The predicted octanol–water partition coefficient (Wildman–Crippen LogP) is 9.44. The van der Waals surface area contributed by atoms with Gasteiger partial charge in [0.2, 0.25) is 0 Å². The molecule has 0 fully saturated rings. The molecule has 0 saturated carbocycles. The Labute approximate surface area is 257 Å². The SMILES string of the molecule is Cc1ccc2cccc([O][Al]([O]c3cccc4ccc(C)nc34)[O]c3cc4ccccc4c4c3sc3ccccc34)c2n1. The average Bonchev–Trinajstić information content (AvgIpc) is 3.42. The molecular weight excluding hydrogens is 567 g/mol. The lowest BCUT2D eigenvalue weighted by Crippen LogP contribution is -2.37. The van der Waals surface area contributed by atoms with E-state index in [9.17, 15) is 0 Å². The number of nitrogens with zero attached hydrogens (tertiary/aromatic N) is 2. The molecule has 0 aliphatic rings. The van der Waals surface area contributed by atoms with Crippen molar-refractivity contribution in [2.75, 3.05) is 0 Å². The van der Waals surface area contributed by atoms with Gasteiger partial charge in [0.25, 0.3) is 0 Å². The molecule has 0 spiro atoms. The summed E-state index contributed by atoms with van der Waals surface area (Å²) in [5.74, 6) is 2.02. The molecule has 8 aromatic rings. The van der Waals surface area contributed by atoms with Crippen LogP contribution in [-0.4, -0.2) is 25.1 Å². The van der Waals surface area contributed by atoms with Crippen LogP contribution in [0.5, 0.6) is 17.2 Å². The Kier molecular flexibility index (Phi) is 6.38. The summed E-state index contributed by atoms with van der Waals surface area (Å²) in [7, 11) is 0. The van der Waals surface area contributed by atoms with Gasteiger partial charge in [0.05, 0.1) is 4.70 Å². The highest BCUT2D eigenvalue weighted by molar-refractivity contribution is 7.26. The van der Waals surface area contributed by atoms with E-state index in [1.807, 2.05) is 62.4 Å². The topological polar surface area (TPSA) is 53.5 Å². The van der Waals surface area contributed by atoms with Crippen molar-refractivity contribution in [1.29, 1.82) is 0 Å². The Bertz CT molecular complexity index is 2250. The maximum Gasteiger partial charge on any atom is 1.20 e. The lowest BCUT2D eigenvalue weighted by molar-refractivity contribution is 0.311. The third kappa shape index (κ3) is 4.72. The maximum absolute atomic E-state index is 6.88. The summed E-state index contributed by atoms with van der Waals surface area (Å²) in [5, 5.41) is 6.70. The van der Waals surface area contributed by atoms with Crippen molar-refractivity contribution in [3.8, 4) is 17.2 Å². The van der Waals surface area contributed by atoms with Gasteiger partial charge in [0.15, 0.2) is 0 Å². The minimum absolute atomic E-state index is 0.635. The number of rotatable bonds is 6. The van der Waals surface area contributed by atoms with Gasteiger partial charge >= 0.3 is 15.1 Å². The average molecular weight is 593 g/mol. The van der Waals surface area contributed by atoms with Crippen LogP contribution in [0.3, 0.4) is 0 Å². The van der Waals surface area contributed by atoms with E-state index >= 15 is 0 Å². The van der Waals surface area contributed by atoms with E-state index in [4.69, 9.17) is 21.3 Å². The lowest BCUT2D eigenvalue weighted by Gasteiger charge is -2.19. The quantitative estimate of drug-likeness (QED) is 0.180. The van der Waals surface area contributed by atoms with Crippen LogP contribution in [0, 0.1) is 13.8 Å². The van der Waals surface area contributed by atoms with Gasteiger partial charge in [0.1, 0.15) is 28.3 Å². The minimum Gasteiger partial charge on any atom is -0.576 e. The van der Waals surface area contributed by atoms with E-state index < -0.39 is 15.1 Å². The molecule has 0 unspecified atom stereocenters. The van der Waals surface area contributed by atoms with E-state index in [0.29, 0.717) is 11.5 Å². The Hall–Kier alpha value is -4.67. The zero-order valence-corrected chi connectivity index (χ0v) is 25.5. The Morgan fingerprint density at radius 3 is 1.77 bits per heavy atom. The van der Waals surface area contributed by atoms with Crippen molar-refractivity contribution in [2.45, 2.75) is 13.8 Å². The Morgan fingerprint density at radius 1 is 0.535 bits per heavy atom. The summed E-state index contributed by atoms with van der Waals surface area (Å²) in [6, 6.07) is 39.1. The van der Waals surface area contributed by atoms with Gasteiger partial charge in [-0.3, -0.25) is 0 Å². The summed E-state index contributed by atoms with van der Waals surface area (Å²) < 4.78 is 22.6. The second-order valence-electron chi connectivity index (χ2n) is 10.6. The summed E-state index contributed by atoms with van der Waals surface area (Å²) in [5.41, 5.74) is 3.40. The van der Waals surface area contributed by atoms with Crippen LogP contribution in [0.2, 0.25) is 0 Å². The largest absolute Gasteiger partial charge is 1.20 e.